The Morgan fingerprint density at radius 2 is 1.78 bits per heavy atom. The highest BCUT2D eigenvalue weighted by Gasteiger charge is 2.14. The second kappa shape index (κ2) is 7.24. The van der Waals surface area contributed by atoms with Gasteiger partial charge in [-0.1, -0.05) is 27.7 Å². The van der Waals surface area contributed by atoms with Gasteiger partial charge in [-0.3, -0.25) is 0 Å². The maximum Gasteiger partial charge on any atom is 0.237 e. The van der Waals surface area contributed by atoms with Crippen LogP contribution in [-0.4, -0.2) is 18.1 Å². The number of nitrogens with one attached hydrogen (secondary N) is 1. The second-order valence-electron chi connectivity index (χ2n) is 5.66. The summed E-state index contributed by atoms with van der Waals surface area (Å²) in [6.45, 7) is 9.04. The standard InChI is InChI=1S/C15H26N2O/c1-11(2)9-13(10-12(3)4)17-14-7-6-8-16-15(14)18-5/h6-8,11-13,17H,9-10H2,1-5H3. The van der Waals surface area contributed by atoms with E-state index >= 15 is 0 Å². The lowest BCUT2D eigenvalue weighted by Gasteiger charge is -2.24. The van der Waals surface area contributed by atoms with E-state index in [0.29, 0.717) is 23.8 Å². The Balaban J connectivity index is 2.74. The van der Waals surface area contributed by atoms with Crippen LogP contribution in [0.25, 0.3) is 0 Å². The largest absolute Gasteiger partial charge is 0.480 e. The number of hydrogen-bond acceptors (Lipinski definition) is 3. The topological polar surface area (TPSA) is 34.1 Å². The monoisotopic (exact) mass is 250 g/mol. The molecular weight excluding hydrogens is 224 g/mol. The molecule has 1 heterocycles. The quantitative estimate of drug-likeness (QED) is 0.795. The Bertz CT molecular complexity index is 340. The zero-order valence-electron chi connectivity index (χ0n) is 12.2. The first-order valence-corrected chi connectivity index (χ1v) is 6.78. The van der Waals surface area contributed by atoms with Gasteiger partial charge in [0.1, 0.15) is 0 Å². The summed E-state index contributed by atoms with van der Waals surface area (Å²) in [5.41, 5.74) is 0.992. The van der Waals surface area contributed by atoms with E-state index < -0.39 is 0 Å². The van der Waals surface area contributed by atoms with E-state index in [1.165, 1.54) is 0 Å². The van der Waals surface area contributed by atoms with Gasteiger partial charge in [-0.25, -0.2) is 4.98 Å². The maximum atomic E-state index is 5.28. The SMILES string of the molecule is COc1ncccc1NC(CC(C)C)CC(C)C. The van der Waals surface area contributed by atoms with Crippen LogP contribution in [0.3, 0.4) is 0 Å². The zero-order chi connectivity index (χ0) is 13.5. The Hall–Kier alpha value is -1.25. The number of nitrogens with zero attached hydrogens (tertiary/aromatic N) is 1. The number of anilines is 1. The molecule has 0 atom stereocenters. The molecule has 0 aliphatic carbocycles. The molecule has 0 saturated heterocycles. The summed E-state index contributed by atoms with van der Waals surface area (Å²) < 4.78 is 5.28. The number of methoxy groups -OCH3 is 1. The van der Waals surface area contributed by atoms with Crippen molar-refractivity contribution in [2.45, 2.75) is 46.6 Å². The van der Waals surface area contributed by atoms with Crippen LogP contribution in [0.5, 0.6) is 5.88 Å². The number of pyridine rings is 1. The third-order valence-corrected chi connectivity index (χ3v) is 2.84. The predicted octanol–water partition coefficient (Wildman–Crippen LogP) is 3.96. The van der Waals surface area contributed by atoms with Crippen molar-refractivity contribution in [3.63, 3.8) is 0 Å². The molecule has 0 aliphatic rings. The van der Waals surface area contributed by atoms with Gasteiger partial charge in [0.2, 0.25) is 5.88 Å². The molecule has 1 N–H and O–H groups in total. The molecular formula is C15H26N2O. The molecule has 0 saturated carbocycles. The van der Waals surface area contributed by atoms with E-state index in [2.05, 4.69) is 38.0 Å². The molecule has 1 aromatic rings. The van der Waals surface area contributed by atoms with Crippen LogP contribution >= 0.6 is 0 Å². The molecule has 1 aromatic heterocycles. The maximum absolute atomic E-state index is 5.28. The second-order valence-corrected chi connectivity index (χ2v) is 5.66. The van der Waals surface area contributed by atoms with Gasteiger partial charge < -0.3 is 10.1 Å². The summed E-state index contributed by atoms with van der Waals surface area (Å²) in [5.74, 6) is 2.04. The fraction of sp³-hybridized carbons (Fsp3) is 0.667. The normalized spacial score (nSPS) is 11.3. The van der Waals surface area contributed by atoms with Gasteiger partial charge in [0.05, 0.1) is 12.8 Å². The molecule has 1 rings (SSSR count). The number of rotatable bonds is 7. The van der Waals surface area contributed by atoms with Crippen LogP contribution in [-0.2, 0) is 0 Å². The van der Waals surface area contributed by atoms with E-state index in [9.17, 15) is 0 Å². The molecule has 3 heteroatoms. The van der Waals surface area contributed by atoms with Crippen molar-refractivity contribution in [3.8, 4) is 5.88 Å². The molecule has 0 aromatic carbocycles. The zero-order valence-corrected chi connectivity index (χ0v) is 12.2. The molecule has 0 bridgehead atoms. The van der Waals surface area contributed by atoms with Crippen LogP contribution in [0.2, 0.25) is 0 Å². The van der Waals surface area contributed by atoms with E-state index in [-0.39, 0.29) is 0 Å². The number of hydrogen-bond donors (Lipinski definition) is 1. The van der Waals surface area contributed by atoms with Crippen molar-refractivity contribution < 1.29 is 4.74 Å². The van der Waals surface area contributed by atoms with Crippen LogP contribution in [0.4, 0.5) is 5.69 Å². The average molecular weight is 250 g/mol. The molecule has 0 radical (unpaired) electrons. The molecule has 0 aliphatic heterocycles. The highest BCUT2D eigenvalue weighted by molar-refractivity contribution is 5.52. The highest BCUT2D eigenvalue weighted by Crippen LogP contribution is 2.24. The Morgan fingerprint density at radius 1 is 1.17 bits per heavy atom. The molecule has 18 heavy (non-hydrogen) atoms. The van der Waals surface area contributed by atoms with E-state index in [4.69, 9.17) is 4.74 Å². The van der Waals surface area contributed by atoms with E-state index in [1.807, 2.05) is 12.1 Å². The lowest BCUT2D eigenvalue weighted by molar-refractivity contribution is 0.396. The Kier molecular flexibility index (Phi) is 5.96. The van der Waals surface area contributed by atoms with Crippen molar-refractivity contribution in [1.82, 2.24) is 4.98 Å². The fourth-order valence-electron chi connectivity index (χ4n) is 2.24. The van der Waals surface area contributed by atoms with Crippen LogP contribution in [0, 0.1) is 11.8 Å². The van der Waals surface area contributed by atoms with Gasteiger partial charge in [-0.05, 0) is 36.8 Å². The average Bonchev–Trinajstić information content (AvgIpc) is 2.27. The molecule has 102 valence electrons. The summed E-state index contributed by atoms with van der Waals surface area (Å²) in [6, 6.07) is 4.44. The van der Waals surface area contributed by atoms with Crippen molar-refractivity contribution in [1.29, 1.82) is 0 Å². The van der Waals surface area contributed by atoms with Crippen molar-refractivity contribution in [3.05, 3.63) is 18.3 Å². The van der Waals surface area contributed by atoms with Crippen LogP contribution in [0.15, 0.2) is 18.3 Å². The lowest BCUT2D eigenvalue weighted by Crippen LogP contribution is -2.24. The molecule has 0 fully saturated rings. The smallest absolute Gasteiger partial charge is 0.237 e. The van der Waals surface area contributed by atoms with E-state index in [0.717, 1.165) is 18.5 Å². The van der Waals surface area contributed by atoms with Gasteiger partial charge in [0.25, 0.3) is 0 Å². The summed E-state index contributed by atoms with van der Waals surface area (Å²) in [5, 5.41) is 3.57. The first kappa shape index (κ1) is 14.8. The van der Waals surface area contributed by atoms with Gasteiger partial charge in [-0.2, -0.15) is 0 Å². The van der Waals surface area contributed by atoms with Gasteiger partial charge in [-0.15, -0.1) is 0 Å². The number of aromatic nitrogens is 1. The Labute approximate surface area is 111 Å². The number of ether oxygens (including phenoxy) is 1. The third-order valence-electron chi connectivity index (χ3n) is 2.84. The molecule has 0 unspecified atom stereocenters. The molecule has 0 amide bonds. The third kappa shape index (κ3) is 4.94. The minimum Gasteiger partial charge on any atom is -0.480 e. The van der Waals surface area contributed by atoms with Crippen molar-refractivity contribution in [2.75, 3.05) is 12.4 Å². The van der Waals surface area contributed by atoms with Crippen molar-refractivity contribution >= 4 is 5.69 Å². The van der Waals surface area contributed by atoms with Crippen molar-refractivity contribution in [2.24, 2.45) is 11.8 Å². The minimum atomic E-state index is 0.475. The lowest BCUT2D eigenvalue weighted by atomic mass is 9.95. The molecule has 0 spiro atoms. The predicted molar refractivity (Wildman–Crippen MR) is 77.1 cm³/mol. The first-order chi connectivity index (χ1) is 8.52. The van der Waals surface area contributed by atoms with Gasteiger partial charge >= 0.3 is 0 Å². The van der Waals surface area contributed by atoms with Crippen LogP contribution in [0.1, 0.15) is 40.5 Å². The van der Waals surface area contributed by atoms with Crippen LogP contribution < -0.4 is 10.1 Å². The summed E-state index contributed by atoms with van der Waals surface area (Å²) in [7, 11) is 1.66. The fourth-order valence-corrected chi connectivity index (χ4v) is 2.24. The first-order valence-electron chi connectivity index (χ1n) is 6.78. The summed E-state index contributed by atoms with van der Waals surface area (Å²) >= 11 is 0. The summed E-state index contributed by atoms with van der Waals surface area (Å²) in [4.78, 5) is 4.22. The summed E-state index contributed by atoms with van der Waals surface area (Å²) in [6.07, 6.45) is 4.08. The molecule has 3 nitrogen and oxygen atoms in total. The Morgan fingerprint density at radius 3 is 2.28 bits per heavy atom. The van der Waals surface area contributed by atoms with Gasteiger partial charge in [0, 0.05) is 12.2 Å². The van der Waals surface area contributed by atoms with E-state index in [1.54, 1.807) is 13.3 Å². The van der Waals surface area contributed by atoms with Gasteiger partial charge in [0.15, 0.2) is 0 Å². The minimum absolute atomic E-state index is 0.475. The highest BCUT2D eigenvalue weighted by atomic mass is 16.5.